The van der Waals surface area contributed by atoms with Gasteiger partial charge in [0.25, 0.3) is 5.92 Å². The Bertz CT molecular complexity index is 904. The minimum atomic E-state index is -4.56. The first-order chi connectivity index (χ1) is 14.0. The summed E-state index contributed by atoms with van der Waals surface area (Å²) in [6.07, 6.45) is -6.06. The number of aromatic nitrogens is 2. The van der Waals surface area contributed by atoms with Gasteiger partial charge in [-0.25, -0.2) is 13.8 Å². The van der Waals surface area contributed by atoms with E-state index in [1.54, 1.807) is 4.90 Å². The standard InChI is InChI=1S/C17H21F5N6OS/c1-16(18,19)11-8-10-13(25-15(24-3-2-23)26-14(10)30-11)28-6-4-27(5-7-28)12(29)9-17(20,21)22/h8H,2-7,9,23H2,1H3,(H,24,25,26). The third-order valence-corrected chi connectivity index (χ3v) is 5.72. The molecular weight excluding hydrogens is 431 g/mol. The van der Waals surface area contributed by atoms with Gasteiger partial charge in [-0.05, 0) is 6.07 Å². The van der Waals surface area contributed by atoms with E-state index >= 15 is 0 Å². The number of anilines is 2. The summed E-state index contributed by atoms with van der Waals surface area (Å²) in [7, 11) is 0. The Morgan fingerprint density at radius 2 is 1.87 bits per heavy atom. The van der Waals surface area contributed by atoms with Gasteiger partial charge in [0.05, 0.1) is 10.3 Å². The molecule has 3 N–H and O–H groups in total. The number of hydrogen-bond donors (Lipinski definition) is 2. The Hall–Kier alpha value is -2.28. The van der Waals surface area contributed by atoms with Gasteiger partial charge in [-0.15, -0.1) is 11.3 Å². The zero-order valence-electron chi connectivity index (χ0n) is 16.1. The van der Waals surface area contributed by atoms with E-state index in [1.165, 1.54) is 6.07 Å². The van der Waals surface area contributed by atoms with Crippen LogP contribution in [0.3, 0.4) is 0 Å². The number of carbonyl (C=O) groups is 1. The highest BCUT2D eigenvalue weighted by atomic mass is 32.1. The summed E-state index contributed by atoms with van der Waals surface area (Å²) in [5, 5.41) is 3.36. The molecule has 1 aliphatic rings. The van der Waals surface area contributed by atoms with Crippen LogP contribution in [-0.2, 0) is 10.7 Å². The van der Waals surface area contributed by atoms with Crippen molar-refractivity contribution < 1.29 is 26.7 Å². The van der Waals surface area contributed by atoms with Crippen molar-refractivity contribution in [1.82, 2.24) is 14.9 Å². The van der Waals surface area contributed by atoms with Crippen molar-refractivity contribution in [3.05, 3.63) is 10.9 Å². The number of rotatable bonds is 6. The molecule has 3 rings (SSSR count). The van der Waals surface area contributed by atoms with Crippen molar-refractivity contribution in [2.24, 2.45) is 5.73 Å². The van der Waals surface area contributed by atoms with Crippen LogP contribution in [0.5, 0.6) is 0 Å². The predicted octanol–water partition coefficient (Wildman–Crippen LogP) is 2.77. The number of nitrogens with one attached hydrogen (secondary N) is 1. The first-order valence-corrected chi connectivity index (χ1v) is 10.0. The van der Waals surface area contributed by atoms with Crippen molar-refractivity contribution in [2.45, 2.75) is 25.4 Å². The van der Waals surface area contributed by atoms with Crippen molar-refractivity contribution in [2.75, 3.05) is 49.5 Å². The third kappa shape index (κ3) is 5.25. The molecule has 2 aromatic rings. The average molecular weight is 452 g/mol. The van der Waals surface area contributed by atoms with Crippen molar-refractivity contribution in [1.29, 1.82) is 0 Å². The molecule has 1 amide bonds. The van der Waals surface area contributed by atoms with E-state index in [2.05, 4.69) is 15.3 Å². The van der Waals surface area contributed by atoms with Crippen molar-refractivity contribution in [3.8, 4) is 0 Å². The maximum atomic E-state index is 13.8. The number of thiophene rings is 1. The molecule has 2 aromatic heterocycles. The summed E-state index contributed by atoms with van der Waals surface area (Å²) in [5.74, 6) is -3.40. The molecule has 0 aromatic carbocycles. The van der Waals surface area contributed by atoms with E-state index in [0.29, 0.717) is 29.1 Å². The van der Waals surface area contributed by atoms with E-state index in [9.17, 15) is 26.7 Å². The van der Waals surface area contributed by atoms with Gasteiger partial charge in [0.15, 0.2) is 0 Å². The van der Waals surface area contributed by atoms with Gasteiger partial charge in [-0.1, -0.05) is 0 Å². The number of fused-ring (bicyclic) bond motifs is 1. The van der Waals surface area contributed by atoms with Crippen molar-refractivity contribution >= 4 is 39.2 Å². The number of carbonyl (C=O) groups excluding carboxylic acids is 1. The van der Waals surface area contributed by atoms with E-state index < -0.39 is 24.4 Å². The first kappa shape index (κ1) is 22.4. The summed E-state index contributed by atoms with van der Waals surface area (Å²) in [4.78, 5) is 23.6. The van der Waals surface area contributed by atoms with Crippen LogP contribution >= 0.6 is 11.3 Å². The highest BCUT2D eigenvalue weighted by Gasteiger charge is 2.35. The number of alkyl halides is 5. The molecule has 0 spiro atoms. The topological polar surface area (TPSA) is 87.4 Å². The van der Waals surface area contributed by atoms with Crippen LogP contribution in [0.1, 0.15) is 18.2 Å². The Balaban J connectivity index is 1.85. The normalized spacial score (nSPS) is 15.7. The molecule has 13 heteroatoms. The zero-order chi connectivity index (χ0) is 22.1. The highest BCUT2D eigenvalue weighted by molar-refractivity contribution is 7.18. The minimum Gasteiger partial charge on any atom is -0.353 e. The van der Waals surface area contributed by atoms with Crippen LogP contribution < -0.4 is 16.0 Å². The minimum absolute atomic E-state index is 0.0763. The lowest BCUT2D eigenvalue weighted by Crippen LogP contribution is -2.49. The van der Waals surface area contributed by atoms with Gasteiger partial charge in [-0.2, -0.15) is 18.2 Å². The lowest BCUT2D eigenvalue weighted by atomic mass is 10.2. The molecule has 1 fully saturated rings. The third-order valence-electron chi connectivity index (χ3n) is 4.52. The van der Waals surface area contributed by atoms with Crippen LogP contribution in [0.2, 0.25) is 0 Å². The molecule has 7 nitrogen and oxygen atoms in total. The molecule has 0 unspecified atom stereocenters. The number of nitrogens with zero attached hydrogens (tertiary/aromatic N) is 4. The molecule has 0 atom stereocenters. The molecule has 3 heterocycles. The lowest BCUT2D eigenvalue weighted by molar-refractivity contribution is -0.161. The molecule has 30 heavy (non-hydrogen) atoms. The fourth-order valence-corrected chi connectivity index (χ4v) is 4.03. The van der Waals surface area contributed by atoms with Gasteiger partial charge in [0.1, 0.15) is 17.1 Å². The Kier molecular flexibility index (Phi) is 6.32. The predicted molar refractivity (Wildman–Crippen MR) is 104 cm³/mol. The highest BCUT2D eigenvalue weighted by Crippen LogP contribution is 2.39. The van der Waals surface area contributed by atoms with Crippen LogP contribution in [0.4, 0.5) is 33.7 Å². The van der Waals surface area contributed by atoms with Crippen LogP contribution in [0, 0.1) is 0 Å². The monoisotopic (exact) mass is 452 g/mol. The second-order valence-corrected chi connectivity index (χ2v) is 7.99. The summed E-state index contributed by atoms with van der Waals surface area (Å²) < 4.78 is 65.1. The molecule has 1 saturated heterocycles. The number of piperazine rings is 1. The second kappa shape index (κ2) is 8.46. The van der Waals surface area contributed by atoms with E-state index in [0.717, 1.165) is 23.2 Å². The fraction of sp³-hybridized carbons (Fsp3) is 0.588. The smallest absolute Gasteiger partial charge is 0.353 e. The molecule has 0 saturated carbocycles. The number of amides is 1. The molecule has 1 aliphatic heterocycles. The van der Waals surface area contributed by atoms with Crippen LogP contribution in [0.25, 0.3) is 10.2 Å². The number of hydrogen-bond acceptors (Lipinski definition) is 7. The van der Waals surface area contributed by atoms with Crippen LogP contribution in [0.15, 0.2) is 6.07 Å². The zero-order valence-corrected chi connectivity index (χ0v) is 16.9. The van der Waals surface area contributed by atoms with E-state index in [4.69, 9.17) is 5.73 Å². The first-order valence-electron chi connectivity index (χ1n) is 9.21. The maximum Gasteiger partial charge on any atom is 0.397 e. The van der Waals surface area contributed by atoms with Crippen LogP contribution in [-0.4, -0.2) is 66.2 Å². The largest absolute Gasteiger partial charge is 0.397 e. The molecule has 0 radical (unpaired) electrons. The fourth-order valence-electron chi connectivity index (χ4n) is 3.08. The Morgan fingerprint density at radius 3 is 2.43 bits per heavy atom. The molecule has 0 aliphatic carbocycles. The number of halogens is 5. The Morgan fingerprint density at radius 1 is 1.20 bits per heavy atom. The Labute approximate surface area is 173 Å². The van der Waals surface area contributed by atoms with Gasteiger partial charge in [0, 0.05) is 46.2 Å². The maximum absolute atomic E-state index is 13.8. The summed E-state index contributed by atoms with van der Waals surface area (Å²) >= 11 is 0.853. The van der Waals surface area contributed by atoms with Gasteiger partial charge in [0.2, 0.25) is 11.9 Å². The van der Waals surface area contributed by atoms with E-state index in [1.807, 2.05) is 0 Å². The van der Waals surface area contributed by atoms with Crippen molar-refractivity contribution in [3.63, 3.8) is 0 Å². The SMILES string of the molecule is CC(F)(F)c1cc2c(N3CCN(C(=O)CC(F)(F)F)CC3)nc(NCCN)nc2s1. The van der Waals surface area contributed by atoms with Gasteiger partial charge in [-0.3, -0.25) is 4.79 Å². The second-order valence-electron chi connectivity index (χ2n) is 6.96. The summed E-state index contributed by atoms with van der Waals surface area (Å²) in [6.45, 7) is 2.09. The number of nitrogens with two attached hydrogens (primary N) is 1. The average Bonchev–Trinajstić information content (AvgIpc) is 3.09. The summed E-state index contributed by atoms with van der Waals surface area (Å²) in [6, 6.07) is 1.34. The molecule has 0 bridgehead atoms. The molecule has 166 valence electrons. The quantitative estimate of drug-likeness (QED) is 0.656. The van der Waals surface area contributed by atoms with Gasteiger partial charge < -0.3 is 20.9 Å². The van der Waals surface area contributed by atoms with E-state index in [-0.39, 0.29) is 37.0 Å². The lowest BCUT2D eigenvalue weighted by Gasteiger charge is -2.36. The summed E-state index contributed by atoms with van der Waals surface area (Å²) in [5.41, 5.74) is 5.48. The molecular formula is C17H21F5N6OS. The van der Waals surface area contributed by atoms with Gasteiger partial charge >= 0.3 is 6.18 Å².